The lowest BCUT2D eigenvalue weighted by Gasteiger charge is -2.28. The molecule has 0 spiro atoms. The van der Waals surface area contributed by atoms with E-state index in [1.54, 1.807) is 79.6 Å². The van der Waals surface area contributed by atoms with Crippen LogP contribution >= 0.6 is 0 Å². The third-order valence-corrected chi connectivity index (χ3v) is 4.72. The fraction of sp³-hybridized carbons (Fsp3) is 0.0435. The van der Waals surface area contributed by atoms with Crippen molar-refractivity contribution in [1.82, 2.24) is 20.1 Å². The molecule has 1 amide bonds. The number of nitrogens with one attached hydrogen (secondary N) is 2. The summed E-state index contributed by atoms with van der Waals surface area (Å²) in [5, 5.41) is 16.9. The molecule has 2 aromatic rings. The molecule has 0 saturated carbocycles. The third kappa shape index (κ3) is 3.68. The average molecular weight is 400 g/mol. The molecule has 1 atom stereocenters. The first-order valence-corrected chi connectivity index (χ1v) is 9.38. The summed E-state index contributed by atoms with van der Waals surface area (Å²) in [6, 6.07) is 7.73. The molecular formula is C23H20N4O3. The van der Waals surface area contributed by atoms with E-state index in [-0.39, 0.29) is 0 Å². The van der Waals surface area contributed by atoms with Crippen molar-refractivity contribution in [2.75, 3.05) is 0 Å². The molecule has 0 fully saturated rings. The number of hydrogen-bond acceptors (Lipinski definition) is 4. The van der Waals surface area contributed by atoms with Gasteiger partial charge in [-0.2, -0.15) is 0 Å². The van der Waals surface area contributed by atoms with Gasteiger partial charge in [-0.25, -0.2) is 4.79 Å². The van der Waals surface area contributed by atoms with E-state index in [1.807, 2.05) is 18.2 Å². The van der Waals surface area contributed by atoms with E-state index in [1.165, 1.54) is 9.47 Å². The molecule has 7 nitrogen and oxygen atoms in total. The Morgan fingerprint density at radius 1 is 0.900 bits per heavy atom. The summed E-state index contributed by atoms with van der Waals surface area (Å²) in [6.45, 7) is 0. The van der Waals surface area contributed by atoms with Crippen molar-refractivity contribution in [3.05, 3.63) is 109 Å². The molecule has 0 radical (unpaired) electrons. The van der Waals surface area contributed by atoms with Crippen molar-refractivity contribution in [1.29, 1.82) is 0 Å². The quantitative estimate of drug-likeness (QED) is 0.672. The number of hydrogen-bond donors (Lipinski definition) is 3. The number of benzene rings is 1. The van der Waals surface area contributed by atoms with Crippen LogP contribution in [0, 0.1) is 0 Å². The predicted octanol–water partition coefficient (Wildman–Crippen LogP) is 3.12. The van der Waals surface area contributed by atoms with Crippen LogP contribution in [0.2, 0.25) is 0 Å². The molecule has 1 aromatic heterocycles. The largest absolute Gasteiger partial charge is 0.479 e. The smallest absolute Gasteiger partial charge is 0.336 e. The van der Waals surface area contributed by atoms with Gasteiger partial charge in [0.2, 0.25) is 6.04 Å². The average Bonchev–Trinajstić information content (AvgIpc) is 2.94. The van der Waals surface area contributed by atoms with Crippen LogP contribution in [0.25, 0.3) is 10.9 Å². The molecular weight excluding hydrogens is 380 g/mol. The highest BCUT2D eigenvalue weighted by Gasteiger charge is 2.35. The highest BCUT2D eigenvalue weighted by atomic mass is 16.4. The van der Waals surface area contributed by atoms with Gasteiger partial charge in [-0.1, -0.05) is 30.4 Å². The van der Waals surface area contributed by atoms with Crippen molar-refractivity contribution in [3.8, 4) is 0 Å². The summed E-state index contributed by atoms with van der Waals surface area (Å²) < 4.78 is 1.49. The van der Waals surface area contributed by atoms with Gasteiger partial charge in [0.25, 0.3) is 5.91 Å². The standard InChI is InChI=1S/C23H20N4O3/c28-22(21(23(29)30)26-14-11-17-7-1-2-10-20(17)26)27(18-8-3-5-12-24-15-18)19-9-4-6-13-25-16-19/h1-16,21,24-25H,(H,29,30). The van der Waals surface area contributed by atoms with Crippen LogP contribution in [0.4, 0.5) is 0 Å². The molecule has 0 bridgehead atoms. The van der Waals surface area contributed by atoms with Gasteiger partial charge in [-0.15, -0.1) is 0 Å². The first-order chi connectivity index (χ1) is 14.7. The molecule has 2 aliphatic heterocycles. The minimum atomic E-state index is -1.44. The fourth-order valence-electron chi connectivity index (χ4n) is 3.37. The SMILES string of the molecule is O=C(O)C(C(=O)N(C1=CNC=CC=C1)C1=CNC=CC=C1)n1ccc2ccccc21. The number of fused-ring (bicyclic) bond motifs is 1. The van der Waals surface area contributed by atoms with Gasteiger partial charge in [-0.3, -0.25) is 9.69 Å². The normalized spacial score (nSPS) is 16.0. The maximum absolute atomic E-state index is 13.7. The zero-order valence-corrected chi connectivity index (χ0v) is 16.0. The van der Waals surface area contributed by atoms with E-state index in [4.69, 9.17) is 0 Å². The number of nitrogens with zero attached hydrogens (tertiary/aromatic N) is 2. The molecule has 0 aliphatic carbocycles. The van der Waals surface area contributed by atoms with E-state index >= 15 is 0 Å². The molecule has 0 saturated heterocycles. The van der Waals surface area contributed by atoms with Gasteiger partial charge in [0, 0.05) is 36.5 Å². The number of carbonyl (C=O) groups is 2. The summed E-state index contributed by atoms with van der Waals surface area (Å²) >= 11 is 0. The van der Waals surface area contributed by atoms with E-state index in [0.717, 1.165) is 5.39 Å². The highest BCUT2D eigenvalue weighted by molar-refractivity contribution is 6.02. The Morgan fingerprint density at radius 3 is 2.17 bits per heavy atom. The minimum Gasteiger partial charge on any atom is -0.479 e. The second-order valence-corrected chi connectivity index (χ2v) is 6.60. The number of carboxylic acids is 1. The number of para-hydroxylation sites is 1. The molecule has 1 aromatic carbocycles. The van der Waals surface area contributed by atoms with Crippen LogP contribution in [0.5, 0.6) is 0 Å². The zero-order valence-electron chi connectivity index (χ0n) is 16.0. The number of carbonyl (C=O) groups excluding carboxylic acids is 1. The van der Waals surface area contributed by atoms with Crippen LogP contribution in [-0.4, -0.2) is 26.5 Å². The molecule has 1 unspecified atom stereocenters. The van der Waals surface area contributed by atoms with Gasteiger partial charge in [-0.05, 0) is 41.8 Å². The lowest BCUT2D eigenvalue weighted by Crippen LogP contribution is -2.39. The van der Waals surface area contributed by atoms with Gasteiger partial charge in [0.05, 0.1) is 11.4 Å². The van der Waals surface area contributed by atoms with Crippen LogP contribution in [0.15, 0.2) is 109 Å². The van der Waals surface area contributed by atoms with Crippen LogP contribution in [0.3, 0.4) is 0 Å². The lowest BCUT2D eigenvalue weighted by atomic mass is 10.1. The van der Waals surface area contributed by atoms with Crippen molar-refractivity contribution < 1.29 is 14.7 Å². The predicted molar refractivity (Wildman–Crippen MR) is 114 cm³/mol. The number of aromatic nitrogens is 1. The summed E-state index contributed by atoms with van der Waals surface area (Å²) in [5.74, 6) is -1.83. The lowest BCUT2D eigenvalue weighted by molar-refractivity contribution is -0.148. The Hall–Kier alpha value is -4.26. The number of rotatable bonds is 5. The molecule has 2 aliphatic rings. The first kappa shape index (κ1) is 19.1. The third-order valence-electron chi connectivity index (χ3n) is 4.72. The topological polar surface area (TPSA) is 86.6 Å². The van der Waals surface area contributed by atoms with Gasteiger partial charge in [0.15, 0.2) is 0 Å². The van der Waals surface area contributed by atoms with Crippen LogP contribution in [-0.2, 0) is 9.59 Å². The Bertz CT molecular complexity index is 1120. The molecule has 30 heavy (non-hydrogen) atoms. The Balaban J connectivity index is 1.82. The Morgan fingerprint density at radius 2 is 1.53 bits per heavy atom. The fourth-order valence-corrected chi connectivity index (χ4v) is 3.37. The van der Waals surface area contributed by atoms with Crippen molar-refractivity contribution in [3.63, 3.8) is 0 Å². The van der Waals surface area contributed by atoms with Crippen molar-refractivity contribution in [2.24, 2.45) is 0 Å². The summed E-state index contributed by atoms with van der Waals surface area (Å²) in [4.78, 5) is 27.4. The molecule has 150 valence electrons. The second kappa shape index (κ2) is 8.40. The van der Waals surface area contributed by atoms with E-state index in [2.05, 4.69) is 10.6 Å². The Kier molecular flexibility index (Phi) is 5.34. The summed E-state index contributed by atoms with van der Waals surface area (Å²) in [5.41, 5.74) is 1.69. The van der Waals surface area contributed by atoms with Crippen LogP contribution < -0.4 is 10.6 Å². The van der Waals surface area contributed by atoms with Gasteiger partial charge >= 0.3 is 5.97 Å². The molecule has 4 rings (SSSR count). The Labute approximate surface area is 173 Å². The van der Waals surface area contributed by atoms with E-state index < -0.39 is 17.9 Å². The van der Waals surface area contributed by atoms with Crippen molar-refractivity contribution in [2.45, 2.75) is 6.04 Å². The minimum absolute atomic E-state index is 0.507. The van der Waals surface area contributed by atoms with Crippen LogP contribution in [0.1, 0.15) is 6.04 Å². The maximum atomic E-state index is 13.7. The monoisotopic (exact) mass is 400 g/mol. The second-order valence-electron chi connectivity index (χ2n) is 6.60. The number of amides is 1. The van der Waals surface area contributed by atoms with Crippen molar-refractivity contribution >= 4 is 22.8 Å². The summed E-state index contributed by atoms with van der Waals surface area (Å²) in [7, 11) is 0. The molecule has 7 heteroatoms. The molecule has 3 heterocycles. The zero-order chi connectivity index (χ0) is 20.9. The summed E-state index contributed by atoms with van der Waals surface area (Å²) in [6.07, 6.45) is 19.0. The number of aliphatic carboxylic acids is 1. The van der Waals surface area contributed by atoms with Gasteiger partial charge < -0.3 is 20.3 Å². The molecule has 3 N–H and O–H groups in total. The number of carboxylic acid groups (broad SMARTS) is 1. The number of allylic oxidation sites excluding steroid dienone is 6. The van der Waals surface area contributed by atoms with E-state index in [0.29, 0.717) is 16.9 Å². The first-order valence-electron chi connectivity index (χ1n) is 9.38. The van der Waals surface area contributed by atoms with E-state index in [9.17, 15) is 14.7 Å². The maximum Gasteiger partial charge on any atom is 0.336 e. The highest BCUT2D eigenvalue weighted by Crippen LogP contribution is 2.26. The van der Waals surface area contributed by atoms with Gasteiger partial charge in [0.1, 0.15) is 0 Å².